The molecule has 0 spiro atoms. The summed E-state index contributed by atoms with van der Waals surface area (Å²) in [5.41, 5.74) is 5.09. The predicted molar refractivity (Wildman–Crippen MR) is 98.1 cm³/mol. The Balaban J connectivity index is 2.13. The minimum atomic E-state index is 0.565. The molecule has 0 bridgehead atoms. The van der Waals surface area contributed by atoms with Crippen LogP contribution in [0.15, 0.2) is 30.3 Å². The third-order valence-corrected chi connectivity index (χ3v) is 5.31. The Labute approximate surface area is 141 Å². The molecule has 0 amide bonds. The largest absolute Gasteiger partial charge is 0.225 e. The summed E-state index contributed by atoms with van der Waals surface area (Å²) < 4.78 is 0. The lowest BCUT2D eigenvalue weighted by Gasteiger charge is -2.09. The lowest BCUT2D eigenvalue weighted by Crippen LogP contribution is -1.93. The monoisotopic (exact) mass is 329 g/mol. The van der Waals surface area contributed by atoms with Gasteiger partial charge in [-0.1, -0.05) is 49.7 Å². The minimum Gasteiger partial charge on any atom is -0.225 e. The van der Waals surface area contributed by atoms with Crippen LogP contribution in [0.5, 0.6) is 0 Å². The summed E-state index contributed by atoms with van der Waals surface area (Å²) in [4.78, 5) is 6.82. The predicted octanol–water partition coefficient (Wildman–Crippen LogP) is 6.43. The highest BCUT2D eigenvalue weighted by Gasteiger charge is 2.14. The molecule has 3 heteroatoms. The average molecular weight is 330 g/mol. The summed E-state index contributed by atoms with van der Waals surface area (Å²) in [7, 11) is 0. The van der Waals surface area contributed by atoms with E-state index in [4.69, 9.17) is 11.6 Å². The molecular formula is C19H20ClNS. The molecule has 0 saturated heterocycles. The second-order valence-electron chi connectivity index (χ2n) is 6.25. The van der Waals surface area contributed by atoms with E-state index in [-0.39, 0.29) is 0 Å². The molecule has 0 fully saturated rings. The summed E-state index contributed by atoms with van der Waals surface area (Å²) in [6.45, 7) is 8.81. The van der Waals surface area contributed by atoms with Crippen molar-refractivity contribution in [2.24, 2.45) is 5.92 Å². The van der Waals surface area contributed by atoms with Crippen molar-refractivity contribution in [3.8, 4) is 11.1 Å². The molecule has 2 heterocycles. The zero-order valence-corrected chi connectivity index (χ0v) is 15.0. The van der Waals surface area contributed by atoms with Gasteiger partial charge in [0.25, 0.3) is 0 Å². The third-order valence-electron chi connectivity index (χ3n) is 4.02. The molecule has 0 saturated carbocycles. The molecule has 0 aliphatic rings. The van der Waals surface area contributed by atoms with Crippen LogP contribution in [0, 0.1) is 19.8 Å². The molecule has 1 aromatic carbocycles. The number of fused-ring (bicyclic) bond motifs is 1. The Morgan fingerprint density at radius 3 is 2.45 bits per heavy atom. The van der Waals surface area contributed by atoms with Crippen LogP contribution in [-0.2, 0) is 6.42 Å². The van der Waals surface area contributed by atoms with Crippen molar-refractivity contribution in [2.45, 2.75) is 34.1 Å². The maximum atomic E-state index is 6.23. The summed E-state index contributed by atoms with van der Waals surface area (Å²) >= 11 is 7.95. The van der Waals surface area contributed by atoms with Gasteiger partial charge in [0, 0.05) is 10.3 Å². The van der Waals surface area contributed by atoms with E-state index in [2.05, 4.69) is 56.9 Å². The number of thiophene rings is 1. The molecule has 0 N–H and O–H groups in total. The van der Waals surface area contributed by atoms with Gasteiger partial charge in [0.1, 0.15) is 9.98 Å². The van der Waals surface area contributed by atoms with Gasteiger partial charge in [-0.25, -0.2) is 4.98 Å². The topological polar surface area (TPSA) is 12.9 Å². The number of halogens is 1. The van der Waals surface area contributed by atoms with Crippen molar-refractivity contribution in [3.63, 3.8) is 0 Å². The van der Waals surface area contributed by atoms with E-state index in [0.717, 1.165) is 11.3 Å². The summed E-state index contributed by atoms with van der Waals surface area (Å²) in [5.74, 6) is 0.676. The van der Waals surface area contributed by atoms with Crippen LogP contribution in [-0.4, -0.2) is 4.98 Å². The van der Waals surface area contributed by atoms with E-state index in [1.54, 1.807) is 11.3 Å². The van der Waals surface area contributed by atoms with Gasteiger partial charge in [-0.05, 0) is 54.5 Å². The van der Waals surface area contributed by atoms with Crippen LogP contribution in [0.2, 0.25) is 5.15 Å². The molecule has 2 aromatic heterocycles. The Hall–Kier alpha value is -1.38. The van der Waals surface area contributed by atoms with E-state index in [0.29, 0.717) is 11.1 Å². The van der Waals surface area contributed by atoms with Crippen LogP contribution in [0.3, 0.4) is 0 Å². The molecule has 1 nitrogen and oxygen atoms in total. The molecule has 0 atom stereocenters. The van der Waals surface area contributed by atoms with Crippen LogP contribution in [0.25, 0.3) is 21.3 Å². The maximum absolute atomic E-state index is 6.23. The molecule has 22 heavy (non-hydrogen) atoms. The van der Waals surface area contributed by atoms with Crippen molar-refractivity contribution < 1.29 is 0 Å². The quantitative estimate of drug-likeness (QED) is 0.504. The molecule has 3 rings (SSSR count). The SMILES string of the molecule is Cc1sc2nc(Cl)cc(-c3ccc(CC(C)C)cc3)c2c1C. The standard InChI is InChI=1S/C19H20ClNS/c1-11(2)9-14-5-7-15(8-6-14)16-10-17(20)21-19-18(16)12(3)13(4)22-19/h5-8,10-11H,9H2,1-4H3. The van der Waals surface area contributed by atoms with Crippen molar-refractivity contribution in [1.29, 1.82) is 0 Å². The zero-order valence-electron chi connectivity index (χ0n) is 13.4. The Bertz CT molecular complexity index is 816. The van der Waals surface area contributed by atoms with Crippen molar-refractivity contribution >= 4 is 33.2 Å². The fourth-order valence-corrected chi connectivity index (χ4v) is 4.14. The van der Waals surface area contributed by atoms with Crippen LogP contribution in [0.4, 0.5) is 0 Å². The molecule has 0 aliphatic heterocycles. The van der Waals surface area contributed by atoms with E-state index in [1.165, 1.54) is 32.5 Å². The first-order chi connectivity index (χ1) is 10.5. The van der Waals surface area contributed by atoms with Gasteiger partial charge >= 0.3 is 0 Å². The molecule has 0 aliphatic carbocycles. The highest BCUT2D eigenvalue weighted by atomic mass is 35.5. The Morgan fingerprint density at radius 1 is 1.14 bits per heavy atom. The van der Waals surface area contributed by atoms with E-state index >= 15 is 0 Å². The van der Waals surface area contributed by atoms with Gasteiger partial charge in [0.2, 0.25) is 0 Å². The molecule has 114 valence electrons. The molecule has 3 aromatic rings. The number of pyridine rings is 1. The minimum absolute atomic E-state index is 0.565. The van der Waals surface area contributed by atoms with Gasteiger partial charge in [-0.2, -0.15) is 0 Å². The van der Waals surface area contributed by atoms with Gasteiger partial charge in [0.15, 0.2) is 0 Å². The lowest BCUT2D eigenvalue weighted by molar-refractivity contribution is 0.647. The number of aryl methyl sites for hydroxylation is 2. The highest BCUT2D eigenvalue weighted by molar-refractivity contribution is 7.18. The first-order valence-electron chi connectivity index (χ1n) is 7.61. The van der Waals surface area contributed by atoms with Crippen molar-refractivity contribution in [3.05, 3.63) is 51.5 Å². The average Bonchev–Trinajstić information content (AvgIpc) is 2.73. The van der Waals surface area contributed by atoms with E-state index in [9.17, 15) is 0 Å². The normalized spacial score (nSPS) is 11.5. The van der Waals surface area contributed by atoms with Crippen LogP contribution >= 0.6 is 22.9 Å². The summed E-state index contributed by atoms with van der Waals surface area (Å²) in [6.07, 6.45) is 1.11. The Kier molecular flexibility index (Phi) is 4.24. The number of hydrogen-bond acceptors (Lipinski definition) is 2. The first kappa shape index (κ1) is 15.5. The maximum Gasteiger partial charge on any atom is 0.131 e. The fraction of sp³-hybridized carbons (Fsp3) is 0.316. The smallest absolute Gasteiger partial charge is 0.131 e. The van der Waals surface area contributed by atoms with Gasteiger partial charge < -0.3 is 0 Å². The van der Waals surface area contributed by atoms with Gasteiger partial charge in [-0.15, -0.1) is 11.3 Å². The molecule has 0 unspecified atom stereocenters. The molecular weight excluding hydrogens is 310 g/mol. The third kappa shape index (κ3) is 2.90. The number of nitrogens with zero attached hydrogens (tertiary/aromatic N) is 1. The highest BCUT2D eigenvalue weighted by Crippen LogP contribution is 2.38. The number of aromatic nitrogens is 1. The van der Waals surface area contributed by atoms with E-state index in [1.807, 2.05) is 6.07 Å². The summed E-state index contributed by atoms with van der Waals surface area (Å²) in [6, 6.07) is 10.8. The lowest BCUT2D eigenvalue weighted by atomic mass is 9.97. The van der Waals surface area contributed by atoms with Crippen LogP contribution in [0.1, 0.15) is 29.9 Å². The van der Waals surface area contributed by atoms with Gasteiger partial charge in [-0.3, -0.25) is 0 Å². The van der Waals surface area contributed by atoms with Crippen molar-refractivity contribution in [1.82, 2.24) is 4.98 Å². The fourth-order valence-electron chi connectivity index (χ4n) is 2.84. The summed E-state index contributed by atoms with van der Waals surface area (Å²) in [5, 5.41) is 1.80. The zero-order chi connectivity index (χ0) is 15.9. The Morgan fingerprint density at radius 2 is 1.82 bits per heavy atom. The van der Waals surface area contributed by atoms with Crippen molar-refractivity contribution in [2.75, 3.05) is 0 Å². The van der Waals surface area contributed by atoms with Gasteiger partial charge in [0.05, 0.1) is 0 Å². The van der Waals surface area contributed by atoms with E-state index < -0.39 is 0 Å². The number of hydrogen-bond donors (Lipinski definition) is 0. The second kappa shape index (κ2) is 6.02. The second-order valence-corrected chi connectivity index (χ2v) is 7.84. The molecule has 0 radical (unpaired) electrons. The van der Waals surface area contributed by atoms with Crippen LogP contribution < -0.4 is 0 Å². The number of rotatable bonds is 3. The number of benzene rings is 1. The first-order valence-corrected chi connectivity index (χ1v) is 8.80.